The second kappa shape index (κ2) is 10.6. The number of benzene rings is 9. The van der Waals surface area contributed by atoms with Gasteiger partial charge in [0, 0.05) is 21.9 Å². The Morgan fingerprint density at radius 3 is 1.12 bits per heavy atom. The van der Waals surface area contributed by atoms with E-state index in [1.807, 2.05) is 36.4 Å². The molecule has 9 aromatic carbocycles. The Hall–Kier alpha value is -7.40. The van der Waals surface area contributed by atoms with E-state index in [2.05, 4.69) is 121 Å². The standard InChI is InChI=1S/C48H24N2O2/c49-25-27-15-17-29-31-11-5-13-37-39(19-21-41(47(31)37)51-43(29)23-27)45-33-7-1-2-8-34(33)46(36-10-4-3-9-35(36)45)40-20-22-42-48-32(12-6-14-38(40)48)30-18-16-28(26-50)24-44(30)52-42/h1-24H. The van der Waals surface area contributed by atoms with Crippen molar-refractivity contribution in [1.29, 1.82) is 10.5 Å². The lowest BCUT2D eigenvalue weighted by Crippen LogP contribution is -1.99. The van der Waals surface area contributed by atoms with Crippen molar-refractivity contribution in [3.05, 3.63) is 157 Å². The van der Waals surface area contributed by atoms with E-state index >= 15 is 0 Å². The fraction of sp³-hybridized carbons (Fsp3) is 0. The molecule has 9 aromatic rings. The molecule has 4 heteroatoms. The van der Waals surface area contributed by atoms with Gasteiger partial charge in [-0.3, -0.25) is 0 Å². The van der Waals surface area contributed by atoms with E-state index in [1.165, 1.54) is 32.7 Å². The molecule has 2 aliphatic heterocycles. The molecular formula is C48H24N2O2. The minimum Gasteiger partial charge on any atom is -0.456 e. The Morgan fingerprint density at radius 1 is 0.327 bits per heavy atom. The summed E-state index contributed by atoms with van der Waals surface area (Å²) >= 11 is 0. The van der Waals surface area contributed by atoms with Gasteiger partial charge in [0.05, 0.1) is 23.3 Å². The molecular weight excluding hydrogens is 637 g/mol. The lowest BCUT2D eigenvalue weighted by atomic mass is 9.82. The van der Waals surface area contributed by atoms with Gasteiger partial charge in [-0.15, -0.1) is 0 Å². The number of ether oxygens (including phenoxy) is 2. The van der Waals surface area contributed by atoms with Gasteiger partial charge in [0.2, 0.25) is 0 Å². The zero-order chi connectivity index (χ0) is 34.5. The maximum absolute atomic E-state index is 9.54. The lowest BCUT2D eigenvalue weighted by Gasteiger charge is -2.25. The van der Waals surface area contributed by atoms with Crippen LogP contribution in [0.5, 0.6) is 23.0 Å². The monoisotopic (exact) mass is 660 g/mol. The molecule has 0 N–H and O–H groups in total. The van der Waals surface area contributed by atoms with Crippen molar-refractivity contribution >= 4 is 43.1 Å². The smallest absolute Gasteiger partial charge is 0.136 e. The number of hydrogen-bond acceptors (Lipinski definition) is 4. The van der Waals surface area contributed by atoms with E-state index in [0.29, 0.717) is 22.6 Å². The van der Waals surface area contributed by atoms with Crippen LogP contribution in [0.4, 0.5) is 0 Å². The first-order chi connectivity index (χ1) is 25.7. The fourth-order valence-corrected chi connectivity index (χ4v) is 8.55. The van der Waals surface area contributed by atoms with Crippen LogP contribution in [-0.4, -0.2) is 0 Å². The number of nitrogens with zero attached hydrogens (tertiary/aromatic N) is 2. The van der Waals surface area contributed by atoms with Gasteiger partial charge in [-0.1, -0.05) is 84.9 Å². The maximum Gasteiger partial charge on any atom is 0.136 e. The molecule has 0 amide bonds. The second-order valence-corrected chi connectivity index (χ2v) is 13.4. The molecule has 11 rings (SSSR count). The molecule has 52 heavy (non-hydrogen) atoms. The molecule has 2 aliphatic rings. The normalized spacial score (nSPS) is 12.1. The zero-order valence-corrected chi connectivity index (χ0v) is 27.6. The Bertz CT molecular complexity index is 2890. The Labute approximate surface area is 298 Å². The van der Waals surface area contributed by atoms with Crippen LogP contribution in [0.25, 0.3) is 87.6 Å². The van der Waals surface area contributed by atoms with E-state index in [0.717, 1.165) is 66.4 Å². The minimum atomic E-state index is 0.575. The van der Waals surface area contributed by atoms with Crippen molar-refractivity contribution in [2.24, 2.45) is 0 Å². The van der Waals surface area contributed by atoms with Crippen molar-refractivity contribution in [2.75, 3.05) is 0 Å². The molecule has 2 heterocycles. The first-order valence-electron chi connectivity index (χ1n) is 17.2. The second-order valence-electron chi connectivity index (χ2n) is 13.4. The molecule has 0 saturated heterocycles. The molecule has 0 unspecified atom stereocenters. The van der Waals surface area contributed by atoms with Crippen molar-refractivity contribution < 1.29 is 9.47 Å². The topological polar surface area (TPSA) is 66.0 Å². The van der Waals surface area contributed by atoms with Crippen LogP contribution in [0.3, 0.4) is 0 Å². The first kappa shape index (κ1) is 28.4. The average Bonchev–Trinajstić information content (AvgIpc) is 3.20. The summed E-state index contributed by atoms with van der Waals surface area (Å²) in [6.07, 6.45) is 0. The summed E-state index contributed by atoms with van der Waals surface area (Å²) in [5.41, 5.74) is 9.95. The molecule has 0 atom stereocenters. The highest BCUT2D eigenvalue weighted by Gasteiger charge is 2.26. The molecule has 0 spiro atoms. The summed E-state index contributed by atoms with van der Waals surface area (Å²) < 4.78 is 12.9. The highest BCUT2D eigenvalue weighted by molar-refractivity contribution is 6.27. The Balaban J connectivity index is 1.20. The molecule has 0 radical (unpaired) electrons. The van der Waals surface area contributed by atoms with E-state index < -0.39 is 0 Å². The molecule has 238 valence electrons. The van der Waals surface area contributed by atoms with E-state index in [-0.39, 0.29) is 0 Å². The lowest BCUT2D eigenvalue weighted by molar-refractivity contribution is 0.486. The molecule has 0 aromatic heterocycles. The first-order valence-corrected chi connectivity index (χ1v) is 17.2. The van der Waals surface area contributed by atoms with Crippen molar-refractivity contribution in [1.82, 2.24) is 0 Å². The van der Waals surface area contributed by atoms with Crippen LogP contribution in [0.1, 0.15) is 11.1 Å². The van der Waals surface area contributed by atoms with Crippen LogP contribution in [-0.2, 0) is 0 Å². The molecule has 0 bridgehead atoms. The van der Waals surface area contributed by atoms with E-state index in [1.54, 1.807) is 0 Å². The third kappa shape index (κ3) is 3.84. The molecule has 4 nitrogen and oxygen atoms in total. The van der Waals surface area contributed by atoms with E-state index in [9.17, 15) is 10.5 Å². The average molecular weight is 661 g/mol. The summed E-state index contributed by atoms with van der Waals surface area (Å²) in [4.78, 5) is 0. The SMILES string of the molecule is N#Cc1ccc2c(c1)Oc1ccc(-c3c4ccccc4c(-c4ccc5c6c(cccc46)-c4ccc(C#N)cc4O5)c4ccccc34)c3cccc-2c13. The van der Waals surface area contributed by atoms with Crippen molar-refractivity contribution in [3.63, 3.8) is 0 Å². The number of hydrogen-bond donors (Lipinski definition) is 0. The summed E-state index contributed by atoms with van der Waals surface area (Å²) in [6, 6.07) is 54.7. The van der Waals surface area contributed by atoms with Crippen molar-refractivity contribution in [3.8, 4) is 79.6 Å². The third-order valence-electron chi connectivity index (χ3n) is 10.7. The zero-order valence-electron chi connectivity index (χ0n) is 27.6. The van der Waals surface area contributed by atoms with Gasteiger partial charge in [-0.05, 0) is 126 Å². The Morgan fingerprint density at radius 2 is 0.712 bits per heavy atom. The van der Waals surface area contributed by atoms with Crippen LogP contribution >= 0.6 is 0 Å². The van der Waals surface area contributed by atoms with Crippen LogP contribution < -0.4 is 9.47 Å². The van der Waals surface area contributed by atoms with Crippen LogP contribution in [0.15, 0.2) is 146 Å². The van der Waals surface area contributed by atoms with Gasteiger partial charge >= 0.3 is 0 Å². The van der Waals surface area contributed by atoms with Gasteiger partial charge < -0.3 is 9.47 Å². The predicted molar refractivity (Wildman–Crippen MR) is 208 cm³/mol. The summed E-state index contributed by atoms with van der Waals surface area (Å²) in [5, 5.41) is 28.1. The maximum atomic E-state index is 9.54. The highest BCUT2D eigenvalue weighted by atomic mass is 16.5. The number of rotatable bonds is 2. The van der Waals surface area contributed by atoms with Crippen molar-refractivity contribution in [2.45, 2.75) is 0 Å². The summed E-state index contributed by atoms with van der Waals surface area (Å²) in [7, 11) is 0. The van der Waals surface area contributed by atoms with Crippen LogP contribution in [0.2, 0.25) is 0 Å². The summed E-state index contributed by atoms with van der Waals surface area (Å²) in [5.74, 6) is 2.99. The quantitative estimate of drug-likeness (QED) is 0.173. The van der Waals surface area contributed by atoms with Gasteiger partial charge in [0.25, 0.3) is 0 Å². The number of fused-ring (bicyclic) bond motifs is 6. The summed E-state index contributed by atoms with van der Waals surface area (Å²) in [6.45, 7) is 0. The molecule has 0 aliphatic carbocycles. The van der Waals surface area contributed by atoms with Gasteiger partial charge in [-0.25, -0.2) is 0 Å². The third-order valence-corrected chi connectivity index (χ3v) is 10.7. The van der Waals surface area contributed by atoms with E-state index in [4.69, 9.17) is 9.47 Å². The van der Waals surface area contributed by atoms with Crippen LogP contribution in [0, 0.1) is 22.7 Å². The van der Waals surface area contributed by atoms with Gasteiger partial charge in [-0.2, -0.15) is 10.5 Å². The van der Waals surface area contributed by atoms with Gasteiger partial charge in [0.15, 0.2) is 0 Å². The fourth-order valence-electron chi connectivity index (χ4n) is 8.55. The minimum absolute atomic E-state index is 0.575. The Kier molecular flexibility index (Phi) is 5.77. The largest absolute Gasteiger partial charge is 0.456 e. The predicted octanol–water partition coefficient (Wildman–Crippen LogP) is 12.9. The molecule has 0 saturated carbocycles. The number of nitriles is 2. The molecule has 0 fully saturated rings. The van der Waals surface area contributed by atoms with Gasteiger partial charge in [0.1, 0.15) is 23.0 Å². The highest BCUT2D eigenvalue weighted by Crippen LogP contribution is 2.54.